The molecule has 1 unspecified atom stereocenters. The number of nitrogens with zero attached hydrogens (tertiary/aromatic N) is 3. The number of H-pyrrole nitrogens is 1. The molecule has 1 amide bonds. The Labute approximate surface area is 191 Å². The molecule has 3 aliphatic rings. The average Bonchev–Trinajstić information content (AvgIpc) is 3.74. The van der Waals surface area contributed by atoms with Gasteiger partial charge in [0.15, 0.2) is 5.65 Å². The summed E-state index contributed by atoms with van der Waals surface area (Å²) in [5.41, 5.74) is 3.10. The number of aryl methyl sites for hydroxylation is 2. The van der Waals surface area contributed by atoms with Gasteiger partial charge in [-0.1, -0.05) is 31.2 Å². The lowest BCUT2D eigenvalue weighted by Gasteiger charge is -2.30. The Morgan fingerprint density at radius 1 is 1.15 bits per heavy atom. The largest absolute Gasteiger partial charge is 0.329 e. The van der Waals surface area contributed by atoms with Gasteiger partial charge in [0, 0.05) is 24.2 Å². The molecule has 2 saturated carbocycles. The molecule has 2 heterocycles. The van der Waals surface area contributed by atoms with Gasteiger partial charge >= 0.3 is 5.69 Å². The zero-order valence-corrected chi connectivity index (χ0v) is 18.8. The van der Waals surface area contributed by atoms with Crippen LogP contribution >= 0.6 is 0 Å². The Kier molecular flexibility index (Phi) is 4.75. The van der Waals surface area contributed by atoms with E-state index in [4.69, 9.17) is 4.98 Å². The number of hydrogen-bond acceptors (Lipinski definition) is 4. The lowest BCUT2D eigenvalue weighted by molar-refractivity contribution is 0.0660. The second-order valence-electron chi connectivity index (χ2n) is 9.68. The van der Waals surface area contributed by atoms with Gasteiger partial charge in [0.05, 0.1) is 17.0 Å². The molecule has 3 aliphatic carbocycles. The third-order valence-electron chi connectivity index (χ3n) is 7.25. The third-order valence-corrected chi connectivity index (χ3v) is 7.25. The maximum absolute atomic E-state index is 14.2. The first-order chi connectivity index (χ1) is 16.1. The van der Waals surface area contributed by atoms with Crippen LogP contribution in [0.4, 0.5) is 0 Å². The molecule has 0 saturated heterocycles. The smallest absolute Gasteiger partial charge is 0.329 e. The molecule has 0 aliphatic heterocycles. The highest BCUT2D eigenvalue weighted by atomic mass is 16.2. The third kappa shape index (κ3) is 3.41. The molecule has 2 aromatic heterocycles. The Bertz CT molecular complexity index is 1380. The zero-order chi connectivity index (χ0) is 22.7. The minimum absolute atomic E-state index is 0.0226. The zero-order valence-electron chi connectivity index (χ0n) is 18.8. The number of carbonyl (C=O) groups is 1. The summed E-state index contributed by atoms with van der Waals surface area (Å²) in [7, 11) is 0. The number of hydrogen-bond donors (Lipinski definition) is 1. The second kappa shape index (κ2) is 7.68. The fourth-order valence-corrected chi connectivity index (χ4v) is 5.36. The Morgan fingerprint density at radius 3 is 2.67 bits per heavy atom. The van der Waals surface area contributed by atoms with Crippen LogP contribution in [0.1, 0.15) is 84.6 Å². The van der Waals surface area contributed by atoms with Gasteiger partial charge in [0.1, 0.15) is 0 Å². The summed E-state index contributed by atoms with van der Waals surface area (Å²) in [5, 5.41) is 0.245. The molecule has 1 atom stereocenters. The number of carbonyl (C=O) groups excluding carboxylic acids is 1. The van der Waals surface area contributed by atoms with E-state index >= 15 is 0 Å². The number of aromatic nitrogens is 3. The number of fused-ring (bicyclic) bond motifs is 2. The summed E-state index contributed by atoms with van der Waals surface area (Å²) in [6.45, 7) is 2.43. The highest BCUT2D eigenvalue weighted by molar-refractivity contribution is 6.05. The van der Waals surface area contributed by atoms with Crippen molar-refractivity contribution in [1.29, 1.82) is 0 Å². The van der Waals surface area contributed by atoms with Crippen LogP contribution in [-0.2, 0) is 13.0 Å². The number of pyridine rings is 1. The molecule has 7 nitrogen and oxygen atoms in total. The first-order valence-electron chi connectivity index (χ1n) is 12.1. The van der Waals surface area contributed by atoms with Crippen LogP contribution in [0.2, 0.25) is 0 Å². The predicted octanol–water partition coefficient (Wildman–Crippen LogP) is 3.66. The lowest BCUT2D eigenvalue weighted by atomic mass is 10.0. The van der Waals surface area contributed by atoms with Crippen LogP contribution in [0, 0.1) is 0 Å². The molecule has 1 N–H and O–H groups in total. The average molecular weight is 445 g/mol. The van der Waals surface area contributed by atoms with Crippen molar-refractivity contribution in [2.45, 2.75) is 76.4 Å². The van der Waals surface area contributed by atoms with Gasteiger partial charge < -0.3 is 4.90 Å². The van der Waals surface area contributed by atoms with E-state index < -0.39 is 11.2 Å². The molecule has 2 fully saturated rings. The molecule has 1 aromatic carbocycles. The van der Waals surface area contributed by atoms with Crippen molar-refractivity contribution in [3.8, 4) is 0 Å². The lowest BCUT2D eigenvalue weighted by Crippen LogP contribution is -2.38. The molecule has 0 spiro atoms. The molecule has 7 heteroatoms. The molecule has 0 bridgehead atoms. The highest BCUT2D eigenvalue weighted by Crippen LogP contribution is 2.44. The SMILES string of the molecule is CCCn1c(=O)[nH]c(=O)c2c(C(=O)N(C3CC3)C3CCc4ccccc43)cc(C3CC3)nc21. The number of amides is 1. The van der Waals surface area contributed by atoms with Crippen molar-refractivity contribution in [3.05, 3.63) is 73.6 Å². The van der Waals surface area contributed by atoms with Crippen molar-refractivity contribution >= 4 is 16.9 Å². The summed E-state index contributed by atoms with van der Waals surface area (Å²) >= 11 is 0. The van der Waals surface area contributed by atoms with Crippen LogP contribution < -0.4 is 11.2 Å². The highest BCUT2D eigenvalue weighted by Gasteiger charge is 2.42. The van der Waals surface area contributed by atoms with Gasteiger partial charge in [-0.2, -0.15) is 0 Å². The molecular formula is C26H28N4O3. The number of aromatic amines is 1. The van der Waals surface area contributed by atoms with Crippen LogP contribution in [0.25, 0.3) is 11.0 Å². The van der Waals surface area contributed by atoms with E-state index in [2.05, 4.69) is 23.2 Å². The van der Waals surface area contributed by atoms with Gasteiger partial charge in [-0.15, -0.1) is 0 Å². The van der Waals surface area contributed by atoms with Gasteiger partial charge in [-0.3, -0.25) is 19.1 Å². The van der Waals surface area contributed by atoms with E-state index in [-0.39, 0.29) is 23.4 Å². The van der Waals surface area contributed by atoms with Crippen molar-refractivity contribution in [2.75, 3.05) is 0 Å². The van der Waals surface area contributed by atoms with E-state index in [0.717, 1.165) is 50.6 Å². The summed E-state index contributed by atoms with van der Waals surface area (Å²) in [4.78, 5) is 49.0. The van der Waals surface area contributed by atoms with Crippen molar-refractivity contribution in [1.82, 2.24) is 19.4 Å². The first-order valence-corrected chi connectivity index (χ1v) is 12.1. The van der Waals surface area contributed by atoms with E-state index in [1.165, 1.54) is 15.7 Å². The summed E-state index contributed by atoms with van der Waals surface area (Å²) in [6.07, 6.45) is 6.60. The number of nitrogens with one attached hydrogen (secondary N) is 1. The second-order valence-corrected chi connectivity index (χ2v) is 9.68. The van der Waals surface area contributed by atoms with E-state index in [9.17, 15) is 14.4 Å². The maximum atomic E-state index is 14.2. The first kappa shape index (κ1) is 20.4. The molecule has 170 valence electrons. The van der Waals surface area contributed by atoms with E-state index in [1.807, 2.05) is 24.0 Å². The van der Waals surface area contributed by atoms with Gasteiger partial charge in [-0.25, -0.2) is 9.78 Å². The Balaban J connectivity index is 1.54. The fourth-order valence-electron chi connectivity index (χ4n) is 5.36. The van der Waals surface area contributed by atoms with Crippen molar-refractivity contribution < 1.29 is 4.79 Å². The van der Waals surface area contributed by atoms with Gasteiger partial charge in [0.25, 0.3) is 11.5 Å². The van der Waals surface area contributed by atoms with Crippen LogP contribution in [-0.4, -0.2) is 31.4 Å². The van der Waals surface area contributed by atoms with E-state index in [1.54, 1.807) is 0 Å². The van der Waals surface area contributed by atoms with Crippen molar-refractivity contribution in [3.63, 3.8) is 0 Å². The molecule has 0 radical (unpaired) electrons. The van der Waals surface area contributed by atoms with E-state index in [0.29, 0.717) is 23.7 Å². The molecular weight excluding hydrogens is 416 g/mol. The Morgan fingerprint density at radius 2 is 1.94 bits per heavy atom. The molecule has 6 rings (SSSR count). The topological polar surface area (TPSA) is 88.1 Å². The standard InChI is InChI=1S/C26H28N4O3/c1-2-13-29-23-22(24(31)28-26(29)33)19(14-20(27-23)16-7-8-16)25(32)30(17-10-11-17)21-12-9-15-5-3-4-6-18(15)21/h3-6,14,16-17,21H,2,7-13H2,1H3,(H,28,31,33). The normalized spacial score (nSPS) is 19.6. The minimum atomic E-state index is -0.525. The summed E-state index contributed by atoms with van der Waals surface area (Å²) in [5.74, 6) is 0.188. The fraction of sp³-hybridized carbons (Fsp3) is 0.462. The van der Waals surface area contributed by atoms with Gasteiger partial charge in [0.2, 0.25) is 0 Å². The Hall–Kier alpha value is -3.22. The van der Waals surface area contributed by atoms with Crippen LogP contribution in [0.3, 0.4) is 0 Å². The van der Waals surface area contributed by atoms with Gasteiger partial charge in [-0.05, 0) is 62.1 Å². The maximum Gasteiger partial charge on any atom is 0.329 e. The monoisotopic (exact) mass is 444 g/mol. The summed E-state index contributed by atoms with van der Waals surface area (Å²) < 4.78 is 1.52. The predicted molar refractivity (Wildman–Crippen MR) is 126 cm³/mol. The quantitative estimate of drug-likeness (QED) is 0.628. The molecule has 33 heavy (non-hydrogen) atoms. The number of rotatable bonds is 6. The van der Waals surface area contributed by atoms with Crippen LogP contribution in [0.15, 0.2) is 39.9 Å². The van der Waals surface area contributed by atoms with Crippen LogP contribution in [0.5, 0.6) is 0 Å². The molecule has 3 aromatic rings. The number of benzene rings is 1. The van der Waals surface area contributed by atoms with Crippen molar-refractivity contribution in [2.24, 2.45) is 0 Å². The minimum Gasteiger partial charge on any atom is -0.329 e. The summed E-state index contributed by atoms with van der Waals surface area (Å²) in [6, 6.07) is 10.4.